The van der Waals surface area contributed by atoms with Crippen molar-refractivity contribution in [1.82, 2.24) is 15.2 Å². The number of carbonyl (C=O) groups excluding carboxylic acids is 1. The predicted molar refractivity (Wildman–Crippen MR) is 112 cm³/mol. The van der Waals surface area contributed by atoms with Crippen molar-refractivity contribution in [2.45, 2.75) is 18.9 Å². The quantitative estimate of drug-likeness (QED) is 0.704. The summed E-state index contributed by atoms with van der Waals surface area (Å²) in [7, 11) is 1.93. The van der Waals surface area contributed by atoms with Gasteiger partial charge in [0.25, 0.3) is 5.91 Å². The van der Waals surface area contributed by atoms with Crippen molar-refractivity contribution in [3.8, 4) is 11.5 Å². The van der Waals surface area contributed by atoms with Crippen LogP contribution in [0.25, 0.3) is 22.4 Å². The first-order chi connectivity index (χ1) is 12.3. The van der Waals surface area contributed by atoms with Crippen LogP contribution in [0.3, 0.4) is 0 Å². The van der Waals surface area contributed by atoms with Gasteiger partial charge in [0.1, 0.15) is 5.69 Å². The Labute approximate surface area is 171 Å². The summed E-state index contributed by atoms with van der Waals surface area (Å²) in [6.45, 7) is 1.62. The minimum atomic E-state index is 0. The van der Waals surface area contributed by atoms with Gasteiger partial charge in [0, 0.05) is 24.5 Å². The van der Waals surface area contributed by atoms with Crippen LogP contribution in [0.15, 0.2) is 53.1 Å². The third kappa shape index (κ3) is 4.10. The van der Waals surface area contributed by atoms with Gasteiger partial charge in [-0.05, 0) is 44.2 Å². The summed E-state index contributed by atoms with van der Waals surface area (Å²) in [6.07, 6.45) is 3.71. The third-order valence-corrected chi connectivity index (χ3v) is 4.80. The number of benzene rings is 1. The van der Waals surface area contributed by atoms with E-state index in [4.69, 9.17) is 4.42 Å². The number of rotatable bonds is 4. The van der Waals surface area contributed by atoms with E-state index in [1.807, 2.05) is 54.4 Å². The van der Waals surface area contributed by atoms with Gasteiger partial charge in [-0.1, -0.05) is 18.2 Å². The number of hydrogen-bond acceptors (Lipinski definition) is 4. The topological polar surface area (TPSA) is 58.4 Å². The maximum absolute atomic E-state index is 13.3. The number of carbonyl (C=O) groups is 1. The van der Waals surface area contributed by atoms with Crippen molar-refractivity contribution >= 4 is 41.6 Å². The van der Waals surface area contributed by atoms with Gasteiger partial charge in [0.15, 0.2) is 5.76 Å². The van der Waals surface area contributed by atoms with Crippen molar-refractivity contribution in [3.63, 3.8) is 0 Å². The summed E-state index contributed by atoms with van der Waals surface area (Å²) in [5.74, 6) is 0.747. The molecule has 0 aliphatic carbocycles. The fourth-order valence-electron chi connectivity index (χ4n) is 3.61. The van der Waals surface area contributed by atoms with Crippen LogP contribution < -0.4 is 5.32 Å². The molecule has 0 saturated carbocycles. The summed E-state index contributed by atoms with van der Waals surface area (Å²) in [5, 5.41) is 4.08. The number of pyridine rings is 1. The van der Waals surface area contributed by atoms with E-state index in [-0.39, 0.29) is 36.8 Å². The van der Waals surface area contributed by atoms with Crippen LogP contribution in [0.1, 0.15) is 23.2 Å². The zero-order valence-corrected chi connectivity index (χ0v) is 16.7. The Hall–Kier alpha value is -2.08. The van der Waals surface area contributed by atoms with Gasteiger partial charge in [-0.25, -0.2) is 4.98 Å². The van der Waals surface area contributed by atoms with E-state index in [0.717, 1.165) is 36.8 Å². The lowest BCUT2D eigenvalue weighted by molar-refractivity contribution is 0.0739. The standard InChI is InChI=1S/C20H21N3O2.2ClH/c1-21-13-14-6-4-10-23(14)20(24)16-12-18(19-9-5-11-25-19)22-17-8-3-2-7-15(16)17;;/h2-3,5,7-9,11-12,14,21H,4,6,10,13H2,1H3;2*1H. The fourth-order valence-corrected chi connectivity index (χ4v) is 3.61. The second-order valence-electron chi connectivity index (χ2n) is 6.40. The highest BCUT2D eigenvalue weighted by atomic mass is 35.5. The highest BCUT2D eigenvalue weighted by Crippen LogP contribution is 2.28. The Balaban J connectivity index is 0.00000131. The molecule has 7 heteroatoms. The average Bonchev–Trinajstić information content (AvgIpc) is 3.32. The number of aromatic nitrogens is 1. The summed E-state index contributed by atoms with van der Waals surface area (Å²) in [4.78, 5) is 20.0. The number of furan rings is 1. The lowest BCUT2D eigenvalue weighted by Crippen LogP contribution is -2.40. The molecule has 0 spiro atoms. The number of likely N-dealkylation sites (tertiary alicyclic amines) is 1. The molecule has 1 atom stereocenters. The number of fused-ring (bicyclic) bond motifs is 1. The van der Waals surface area contributed by atoms with E-state index in [0.29, 0.717) is 17.0 Å². The third-order valence-electron chi connectivity index (χ3n) is 4.80. The zero-order valence-electron chi connectivity index (χ0n) is 15.1. The van der Waals surface area contributed by atoms with Crippen LogP contribution in [0, 0.1) is 0 Å². The minimum Gasteiger partial charge on any atom is -0.463 e. The molecular formula is C20H23Cl2N3O2. The number of hydrogen-bond donors (Lipinski definition) is 1. The molecule has 144 valence electrons. The summed E-state index contributed by atoms with van der Waals surface area (Å²) >= 11 is 0. The van der Waals surface area contributed by atoms with E-state index in [1.165, 1.54) is 0 Å². The minimum absolute atomic E-state index is 0. The van der Waals surface area contributed by atoms with E-state index in [2.05, 4.69) is 10.3 Å². The van der Waals surface area contributed by atoms with Crippen molar-refractivity contribution in [1.29, 1.82) is 0 Å². The first-order valence-corrected chi connectivity index (χ1v) is 8.67. The molecule has 5 nitrogen and oxygen atoms in total. The average molecular weight is 408 g/mol. The molecule has 1 aliphatic rings. The Kier molecular flexibility index (Phi) is 7.25. The predicted octanol–water partition coefficient (Wildman–Crippen LogP) is 4.16. The molecule has 1 N–H and O–H groups in total. The lowest BCUT2D eigenvalue weighted by Gasteiger charge is -2.25. The van der Waals surface area contributed by atoms with Gasteiger partial charge in [-0.15, -0.1) is 24.8 Å². The smallest absolute Gasteiger partial charge is 0.254 e. The van der Waals surface area contributed by atoms with Gasteiger partial charge in [0.05, 0.1) is 17.3 Å². The lowest BCUT2D eigenvalue weighted by atomic mass is 10.0. The number of halogens is 2. The Morgan fingerprint density at radius 3 is 2.81 bits per heavy atom. The highest BCUT2D eigenvalue weighted by Gasteiger charge is 2.30. The molecule has 1 aliphatic heterocycles. The first-order valence-electron chi connectivity index (χ1n) is 8.67. The maximum Gasteiger partial charge on any atom is 0.254 e. The summed E-state index contributed by atoms with van der Waals surface area (Å²) < 4.78 is 5.49. The van der Waals surface area contributed by atoms with Crippen LogP contribution >= 0.6 is 24.8 Å². The monoisotopic (exact) mass is 407 g/mol. The molecule has 1 unspecified atom stereocenters. The largest absolute Gasteiger partial charge is 0.463 e. The van der Waals surface area contributed by atoms with E-state index in [9.17, 15) is 4.79 Å². The van der Waals surface area contributed by atoms with Gasteiger partial charge in [-0.3, -0.25) is 4.79 Å². The summed E-state index contributed by atoms with van der Waals surface area (Å²) in [6, 6.07) is 13.6. The second-order valence-corrected chi connectivity index (χ2v) is 6.40. The number of nitrogens with one attached hydrogen (secondary N) is 1. The number of para-hydroxylation sites is 1. The van der Waals surface area contributed by atoms with Crippen LogP contribution in [0.2, 0.25) is 0 Å². The Morgan fingerprint density at radius 2 is 2.07 bits per heavy atom. The fraction of sp³-hybridized carbons (Fsp3) is 0.300. The maximum atomic E-state index is 13.3. The van der Waals surface area contributed by atoms with E-state index in [1.54, 1.807) is 6.26 Å². The van der Waals surface area contributed by atoms with Gasteiger partial charge < -0.3 is 14.6 Å². The Bertz CT molecular complexity index is 899. The molecule has 1 aromatic carbocycles. The normalized spacial score (nSPS) is 16.0. The summed E-state index contributed by atoms with van der Waals surface area (Å²) in [5.41, 5.74) is 2.19. The molecule has 3 aromatic rings. The molecule has 0 radical (unpaired) electrons. The van der Waals surface area contributed by atoms with Crippen molar-refractivity contribution in [3.05, 3.63) is 54.3 Å². The van der Waals surface area contributed by atoms with Crippen LogP contribution in [-0.4, -0.2) is 42.0 Å². The Morgan fingerprint density at radius 1 is 1.26 bits per heavy atom. The molecule has 1 saturated heterocycles. The second kappa shape index (κ2) is 9.22. The number of nitrogens with zero attached hydrogens (tertiary/aromatic N) is 2. The highest BCUT2D eigenvalue weighted by molar-refractivity contribution is 6.07. The number of likely N-dealkylation sites (N-methyl/N-ethyl adjacent to an activating group) is 1. The molecule has 1 amide bonds. The van der Waals surface area contributed by atoms with Gasteiger partial charge in [0.2, 0.25) is 0 Å². The molecule has 4 rings (SSSR count). The van der Waals surface area contributed by atoms with Crippen molar-refractivity contribution < 1.29 is 9.21 Å². The molecule has 3 heterocycles. The van der Waals surface area contributed by atoms with Crippen LogP contribution in [0.4, 0.5) is 0 Å². The van der Waals surface area contributed by atoms with Gasteiger partial charge >= 0.3 is 0 Å². The van der Waals surface area contributed by atoms with Crippen molar-refractivity contribution in [2.75, 3.05) is 20.1 Å². The molecule has 2 aromatic heterocycles. The van der Waals surface area contributed by atoms with Crippen LogP contribution in [-0.2, 0) is 0 Å². The van der Waals surface area contributed by atoms with Gasteiger partial charge in [-0.2, -0.15) is 0 Å². The SMILES string of the molecule is CNCC1CCCN1C(=O)c1cc(-c2ccco2)nc2ccccc12.Cl.Cl. The molecule has 0 bridgehead atoms. The van der Waals surface area contributed by atoms with Crippen molar-refractivity contribution in [2.24, 2.45) is 0 Å². The van der Waals surface area contributed by atoms with E-state index >= 15 is 0 Å². The molecule has 27 heavy (non-hydrogen) atoms. The first kappa shape index (κ1) is 21.2. The number of amides is 1. The zero-order chi connectivity index (χ0) is 17.2. The molecule has 1 fully saturated rings. The van der Waals surface area contributed by atoms with E-state index < -0.39 is 0 Å². The molecular weight excluding hydrogens is 385 g/mol. The van der Waals surface area contributed by atoms with Crippen LogP contribution in [0.5, 0.6) is 0 Å².